The maximum atomic E-state index is 7.01. The van der Waals surface area contributed by atoms with Crippen molar-refractivity contribution in [2.75, 3.05) is 0 Å². The predicted molar refractivity (Wildman–Crippen MR) is 143 cm³/mol. The van der Waals surface area contributed by atoms with Crippen molar-refractivity contribution in [1.82, 2.24) is 0 Å². The molecule has 0 amide bonds. The van der Waals surface area contributed by atoms with Gasteiger partial charge in [0.1, 0.15) is 0 Å². The first-order valence-electron chi connectivity index (χ1n) is 12.9. The van der Waals surface area contributed by atoms with Crippen molar-refractivity contribution in [2.45, 2.75) is 137 Å². The van der Waals surface area contributed by atoms with Crippen molar-refractivity contribution in [3.8, 4) is 0 Å². The van der Waals surface area contributed by atoms with E-state index in [0.717, 1.165) is 0 Å². The number of aryl methyl sites for hydroxylation is 1. The molecule has 0 aromatic carbocycles. The standard InChI is InChI=1S/C14H23OSSi.3C4H9.Sn/c1-14(2,3)17(4,5)15-12-8-6-7-11-9-10-16-13(11)12;3*1-3-4-2;/h9,12H,6-8H2,1-5H3;3*1,3-4H2,2H3;. The van der Waals surface area contributed by atoms with Crippen LogP contribution < -0.4 is 2.89 Å². The van der Waals surface area contributed by atoms with Crippen molar-refractivity contribution in [1.29, 1.82) is 0 Å². The van der Waals surface area contributed by atoms with Gasteiger partial charge in [0, 0.05) is 0 Å². The van der Waals surface area contributed by atoms with Crippen LogP contribution in [0.5, 0.6) is 0 Å². The third kappa shape index (κ3) is 6.60. The van der Waals surface area contributed by atoms with E-state index >= 15 is 0 Å². The normalized spacial score (nSPS) is 17.9. The Morgan fingerprint density at radius 2 is 1.53 bits per heavy atom. The number of fused-ring (bicyclic) bond motifs is 1. The molecular weight excluding hydrogens is 507 g/mol. The van der Waals surface area contributed by atoms with E-state index in [1.54, 1.807) is 23.8 Å². The summed E-state index contributed by atoms with van der Waals surface area (Å²) in [5.41, 5.74) is 1.68. The van der Waals surface area contributed by atoms with E-state index in [0.29, 0.717) is 6.10 Å². The van der Waals surface area contributed by atoms with Crippen molar-refractivity contribution >= 4 is 40.9 Å². The number of hydrogen-bond donors (Lipinski definition) is 0. The van der Waals surface area contributed by atoms with E-state index in [1.165, 1.54) is 57.8 Å². The number of hydrogen-bond acceptors (Lipinski definition) is 2. The van der Waals surface area contributed by atoms with Crippen molar-refractivity contribution in [2.24, 2.45) is 0 Å². The fourth-order valence-electron chi connectivity index (χ4n) is 4.72. The quantitative estimate of drug-likeness (QED) is 0.233. The second-order valence-corrected chi connectivity index (χ2v) is 31.4. The molecule has 0 bridgehead atoms. The van der Waals surface area contributed by atoms with Crippen molar-refractivity contribution in [3.63, 3.8) is 0 Å². The Kier molecular flexibility index (Phi) is 10.5. The Bertz CT molecular complexity index is 624. The SMILES string of the molecule is CCC[CH2][Sn]([CH2]CCC)([CH2]CCC)[c]1cc2c(s1)C(O[Si](C)(C)C(C)(C)C)CCC2. The zero-order valence-electron chi connectivity index (χ0n) is 21.5. The second-order valence-electron chi connectivity index (χ2n) is 11.4. The van der Waals surface area contributed by atoms with Crippen molar-refractivity contribution < 1.29 is 4.43 Å². The van der Waals surface area contributed by atoms with Crippen LogP contribution in [-0.2, 0) is 10.8 Å². The summed E-state index contributed by atoms with van der Waals surface area (Å²) in [6, 6.07) is 2.73. The van der Waals surface area contributed by atoms with Crippen LogP contribution in [0.25, 0.3) is 0 Å². The van der Waals surface area contributed by atoms with Crippen LogP contribution in [0.15, 0.2) is 6.07 Å². The van der Waals surface area contributed by atoms with Gasteiger partial charge in [-0.05, 0) is 0 Å². The molecule has 4 heteroatoms. The third-order valence-corrected chi connectivity index (χ3v) is 31.8. The number of rotatable bonds is 12. The number of thiophene rings is 1. The van der Waals surface area contributed by atoms with Crippen LogP contribution >= 0.6 is 11.3 Å². The molecule has 0 fully saturated rings. The molecule has 0 aliphatic heterocycles. The molecule has 1 heterocycles. The fourth-order valence-corrected chi connectivity index (χ4v) is 26.6. The molecule has 30 heavy (non-hydrogen) atoms. The number of unbranched alkanes of at least 4 members (excludes halogenated alkanes) is 3. The fraction of sp³-hybridized carbons (Fsp3) is 0.846. The summed E-state index contributed by atoms with van der Waals surface area (Å²) in [6.45, 7) is 19.2. The van der Waals surface area contributed by atoms with Crippen LogP contribution in [0, 0.1) is 0 Å². The van der Waals surface area contributed by atoms with Gasteiger partial charge in [-0.25, -0.2) is 0 Å². The molecule has 0 N–H and O–H groups in total. The second kappa shape index (κ2) is 11.7. The Balaban J connectivity index is 2.39. The summed E-state index contributed by atoms with van der Waals surface area (Å²) in [4.78, 5) is 1.65. The molecule has 1 aliphatic rings. The van der Waals surface area contributed by atoms with Gasteiger partial charge in [-0.1, -0.05) is 0 Å². The first kappa shape index (κ1) is 26.9. The minimum atomic E-state index is -2.33. The molecule has 0 saturated carbocycles. The van der Waals surface area contributed by atoms with Crippen LogP contribution in [-0.4, -0.2) is 26.7 Å². The average Bonchev–Trinajstić information content (AvgIpc) is 3.12. The van der Waals surface area contributed by atoms with Gasteiger partial charge >= 0.3 is 199 Å². The molecule has 1 aliphatic carbocycles. The molecule has 2 rings (SSSR count). The Labute approximate surface area is 197 Å². The Morgan fingerprint density at radius 3 is 2.00 bits per heavy atom. The zero-order valence-corrected chi connectivity index (χ0v) is 26.1. The van der Waals surface area contributed by atoms with E-state index in [9.17, 15) is 0 Å². The topological polar surface area (TPSA) is 9.23 Å². The predicted octanol–water partition coefficient (Wildman–Crippen LogP) is 9.20. The van der Waals surface area contributed by atoms with Crippen LogP contribution in [0.1, 0.15) is 109 Å². The van der Waals surface area contributed by atoms with Gasteiger partial charge in [0.25, 0.3) is 0 Å². The molecule has 1 nitrogen and oxygen atoms in total. The maximum absolute atomic E-state index is 7.01. The van der Waals surface area contributed by atoms with E-state index in [2.05, 4.69) is 72.0 Å². The van der Waals surface area contributed by atoms with Gasteiger partial charge in [0.2, 0.25) is 0 Å². The van der Waals surface area contributed by atoms with E-state index < -0.39 is 26.7 Å². The summed E-state index contributed by atoms with van der Waals surface area (Å²) in [6.07, 6.45) is 12.7. The molecule has 1 aromatic heterocycles. The molecule has 1 unspecified atom stereocenters. The minimum absolute atomic E-state index is 0.289. The van der Waals surface area contributed by atoms with Gasteiger partial charge in [0.05, 0.1) is 0 Å². The molecule has 0 radical (unpaired) electrons. The first-order chi connectivity index (χ1) is 14.1. The summed E-state index contributed by atoms with van der Waals surface area (Å²) < 4.78 is 13.7. The van der Waals surface area contributed by atoms with Crippen LogP contribution in [0.2, 0.25) is 31.4 Å². The van der Waals surface area contributed by atoms with Crippen LogP contribution in [0.3, 0.4) is 0 Å². The van der Waals surface area contributed by atoms with Gasteiger partial charge in [-0.3, -0.25) is 0 Å². The zero-order chi connectivity index (χ0) is 22.4. The summed E-state index contributed by atoms with van der Waals surface area (Å²) in [5.74, 6) is 0. The van der Waals surface area contributed by atoms with Gasteiger partial charge < -0.3 is 0 Å². The van der Waals surface area contributed by atoms with Crippen molar-refractivity contribution in [3.05, 3.63) is 16.5 Å². The van der Waals surface area contributed by atoms with E-state index in [1.807, 2.05) is 2.89 Å². The van der Waals surface area contributed by atoms with Crippen LogP contribution in [0.4, 0.5) is 0 Å². The summed E-state index contributed by atoms with van der Waals surface area (Å²) >= 11 is -0.0829. The van der Waals surface area contributed by atoms with E-state index in [-0.39, 0.29) is 5.04 Å². The average molecular weight is 558 g/mol. The Morgan fingerprint density at radius 1 is 1.00 bits per heavy atom. The van der Waals surface area contributed by atoms with Gasteiger partial charge in [-0.2, -0.15) is 0 Å². The van der Waals surface area contributed by atoms with Gasteiger partial charge in [0.15, 0.2) is 0 Å². The summed E-state index contributed by atoms with van der Waals surface area (Å²) in [7, 11) is -1.74. The molecule has 174 valence electrons. The molecule has 0 saturated heterocycles. The van der Waals surface area contributed by atoms with Gasteiger partial charge in [-0.15, -0.1) is 0 Å². The molecular formula is C26H50OSSiSn. The molecule has 0 spiro atoms. The monoisotopic (exact) mass is 558 g/mol. The third-order valence-electron chi connectivity index (χ3n) is 7.84. The molecule has 1 atom stereocenters. The Hall–Kier alpha value is 0.676. The first-order valence-corrected chi connectivity index (χ1v) is 24.1. The molecule has 1 aromatic rings. The van der Waals surface area contributed by atoms with E-state index in [4.69, 9.17) is 4.43 Å². The summed E-state index contributed by atoms with van der Waals surface area (Å²) in [5, 5.41) is 0.289.